The van der Waals surface area contributed by atoms with Crippen LogP contribution in [0.5, 0.6) is 0 Å². The molecule has 6 heteroatoms. The highest BCUT2D eigenvalue weighted by atomic mass is 32.2. The molecule has 0 aliphatic heterocycles. The summed E-state index contributed by atoms with van der Waals surface area (Å²) in [6.45, 7) is 2.81. The molecule has 0 aliphatic carbocycles. The molecule has 1 rings (SSSR count). The molecule has 0 bridgehead atoms. The summed E-state index contributed by atoms with van der Waals surface area (Å²) in [5.41, 5.74) is 0. The second-order valence-corrected chi connectivity index (χ2v) is 5.74. The van der Waals surface area contributed by atoms with Gasteiger partial charge in [0.05, 0.1) is 4.90 Å². The largest absolute Gasteiger partial charge is 0.370 e. The summed E-state index contributed by atoms with van der Waals surface area (Å²) < 4.78 is 24.8. The average molecular weight is 243 g/mol. The summed E-state index contributed by atoms with van der Waals surface area (Å²) in [7, 11) is -0.353. The molecule has 0 amide bonds. The number of hydrogen-bond donors (Lipinski definition) is 1. The molecule has 0 radical (unpaired) electrons. The van der Waals surface area contributed by atoms with Crippen molar-refractivity contribution in [2.45, 2.75) is 18.2 Å². The summed E-state index contributed by atoms with van der Waals surface area (Å²) in [4.78, 5) is 4.31. The first kappa shape index (κ1) is 12.9. The van der Waals surface area contributed by atoms with E-state index in [1.165, 1.54) is 30.7 Å². The molecule has 5 nitrogen and oxygen atoms in total. The summed E-state index contributed by atoms with van der Waals surface area (Å²) >= 11 is 0. The zero-order valence-electron chi connectivity index (χ0n) is 9.77. The van der Waals surface area contributed by atoms with Crippen LogP contribution in [0.4, 0.5) is 5.82 Å². The van der Waals surface area contributed by atoms with E-state index in [0.717, 1.165) is 13.0 Å². The predicted octanol–water partition coefficient (Wildman–Crippen LogP) is 1.15. The number of anilines is 1. The van der Waals surface area contributed by atoms with Gasteiger partial charge in [-0.25, -0.2) is 17.7 Å². The summed E-state index contributed by atoms with van der Waals surface area (Å²) in [6, 6.07) is 3.04. The second-order valence-electron chi connectivity index (χ2n) is 3.59. The monoisotopic (exact) mass is 243 g/mol. The Morgan fingerprint density at radius 3 is 2.69 bits per heavy atom. The van der Waals surface area contributed by atoms with Gasteiger partial charge in [0.15, 0.2) is 0 Å². The van der Waals surface area contributed by atoms with E-state index in [0.29, 0.717) is 5.82 Å². The van der Waals surface area contributed by atoms with Gasteiger partial charge in [0.1, 0.15) is 5.82 Å². The average Bonchev–Trinajstić information content (AvgIpc) is 2.26. The summed E-state index contributed by atoms with van der Waals surface area (Å²) in [6.07, 6.45) is 2.46. The van der Waals surface area contributed by atoms with Gasteiger partial charge in [0, 0.05) is 32.9 Å². The van der Waals surface area contributed by atoms with E-state index < -0.39 is 10.0 Å². The lowest BCUT2D eigenvalue weighted by Crippen LogP contribution is -2.22. The zero-order valence-corrected chi connectivity index (χ0v) is 10.6. The van der Waals surface area contributed by atoms with Crippen molar-refractivity contribution in [2.24, 2.45) is 0 Å². The number of pyridine rings is 1. The number of nitrogens with one attached hydrogen (secondary N) is 1. The van der Waals surface area contributed by atoms with E-state index in [-0.39, 0.29) is 4.90 Å². The first-order valence-corrected chi connectivity index (χ1v) is 6.55. The van der Waals surface area contributed by atoms with E-state index in [4.69, 9.17) is 0 Å². The molecule has 1 N–H and O–H groups in total. The van der Waals surface area contributed by atoms with Gasteiger partial charge in [-0.2, -0.15) is 0 Å². The normalized spacial score (nSPS) is 11.8. The highest BCUT2D eigenvalue weighted by molar-refractivity contribution is 7.89. The van der Waals surface area contributed by atoms with Crippen molar-refractivity contribution in [1.82, 2.24) is 9.29 Å². The van der Waals surface area contributed by atoms with Crippen LogP contribution >= 0.6 is 0 Å². The fraction of sp³-hybridized carbons (Fsp3) is 0.500. The Hall–Kier alpha value is -1.14. The lowest BCUT2D eigenvalue weighted by Gasteiger charge is -2.12. The fourth-order valence-corrected chi connectivity index (χ4v) is 2.05. The highest BCUT2D eigenvalue weighted by Crippen LogP contribution is 2.15. The van der Waals surface area contributed by atoms with Crippen LogP contribution in [-0.2, 0) is 10.0 Å². The van der Waals surface area contributed by atoms with Crippen molar-refractivity contribution < 1.29 is 8.42 Å². The Bertz CT molecular complexity index is 443. The highest BCUT2D eigenvalue weighted by Gasteiger charge is 2.17. The molecule has 0 aromatic carbocycles. The van der Waals surface area contributed by atoms with Crippen molar-refractivity contribution >= 4 is 15.8 Å². The maximum absolute atomic E-state index is 11.8. The first-order chi connectivity index (χ1) is 7.48. The van der Waals surface area contributed by atoms with E-state index in [9.17, 15) is 8.42 Å². The Morgan fingerprint density at radius 1 is 1.44 bits per heavy atom. The molecule has 0 unspecified atom stereocenters. The molecule has 0 aliphatic rings. The van der Waals surface area contributed by atoms with Crippen LogP contribution in [0.3, 0.4) is 0 Å². The maximum atomic E-state index is 11.8. The van der Waals surface area contributed by atoms with Gasteiger partial charge in [-0.3, -0.25) is 0 Å². The molecule has 1 aromatic rings. The molecule has 0 saturated heterocycles. The van der Waals surface area contributed by atoms with Gasteiger partial charge in [-0.1, -0.05) is 6.92 Å². The van der Waals surface area contributed by atoms with Gasteiger partial charge in [-0.15, -0.1) is 0 Å². The minimum atomic E-state index is -3.37. The molecule has 0 saturated carbocycles. The Kier molecular flexibility index (Phi) is 4.26. The number of hydrogen-bond acceptors (Lipinski definition) is 4. The smallest absolute Gasteiger partial charge is 0.242 e. The van der Waals surface area contributed by atoms with Crippen LogP contribution in [0, 0.1) is 0 Å². The molecule has 0 fully saturated rings. The lowest BCUT2D eigenvalue weighted by atomic mass is 10.4. The standard InChI is InChI=1S/C10H17N3O2S/c1-4-6-11-10-8-9(5-7-12-10)16(14,15)13(2)3/h5,7-8H,4,6H2,1-3H3,(H,11,12). The second kappa shape index (κ2) is 5.27. The predicted molar refractivity (Wildman–Crippen MR) is 63.9 cm³/mol. The summed E-state index contributed by atoms with van der Waals surface area (Å²) in [5.74, 6) is 0.588. The first-order valence-electron chi connectivity index (χ1n) is 5.11. The molecule has 1 aromatic heterocycles. The van der Waals surface area contributed by atoms with Gasteiger partial charge in [-0.05, 0) is 12.5 Å². The van der Waals surface area contributed by atoms with Crippen molar-refractivity contribution in [2.75, 3.05) is 26.0 Å². The Balaban J connectivity index is 2.99. The van der Waals surface area contributed by atoms with Crippen molar-refractivity contribution in [3.8, 4) is 0 Å². The minimum absolute atomic E-state index is 0.256. The number of aromatic nitrogens is 1. The van der Waals surface area contributed by atoms with E-state index in [2.05, 4.69) is 10.3 Å². The van der Waals surface area contributed by atoms with Crippen LogP contribution in [-0.4, -0.2) is 38.3 Å². The molecule has 90 valence electrons. The lowest BCUT2D eigenvalue weighted by molar-refractivity contribution is 0.520. The molecular weight excluding hydrogens is 226 g/mol. The third kappa shape index (κ3) is 2.93. The van der Waals surface area contributed by atoms with Crippen LogP contribution < -0.4 is 5.32 Å². The molecule has 0 spiro atoms. The maximum Gasteiger partial charge on any atom is 0.242 e. The quantitative estimate of drug-likeness (QED) is 0.842. The summed E-state index contributed by atoms with van der Waals surface area (Å²) in [5, 5.41) is 3.05. The van der Waals surface area contributed by atoms with Crippen LogP contribution in [0.1, 0.15) is 13.3 Å². The number of nitrogens with zero attached hydrogens (tertiary/aromatic N) is 2. The van der Waals surface area contributed by atoms with Crippen LogP contribution in [0.25, 0.3) is 0 Å². The molecule has 16 heavy (non-hydrogen) atoms. The van der Waals surface area contributed by atoms with Crippen molar-refractivity contribution in [1.29, 1.82) is 0 Å². The van der Waals surface area contributed by atoms with Gasteiger partial charge in [0.25, 0.3) is 0 Å². The van der Waals surface area contributed by atoms with Gasteiger partial charge >= 0.3 is 0 Å². The van der Waals surface area contributed by atoms with E-state index >= 15 is 0 Å². The topological polar surface area (TPSA) is 62.3 Å². The van der Waals surface area contributed by atoms with Crippen molar-refractivity contribution in [3.63, 3.8) is 0 Å². The molecular formula is C10H17N3O2S. The van der Waals surface area contributed by atoms with Crippen LogP contribution in [0.2, 0.25) is 0 Å². The Morgan fingerprint density at radius 2 is 2.12 bits per heavy atom. The third-order valence-electron chi connectivity index (χ3n) is 2.07. The fourth-order valence-electron chi connectivity index (χ4n) is 1.13. The SMILES string of the molecule is CCCNc1cc(S(=O)(=O)N(C)C)ccn1. The van der Waals surface area contributed by atoms with Crippen LogP contribution in [0.15, 0.2) is 23.2 Å². The van der Waals surface area contributed by atoms with E-state index in [1.807, 2.05) is 6.92 Å². The molecule has 0 atom stereocenters. The number of rotatable bonds is 5. The van der Waals surface area contributed by atoms with Gasteiger partial charge in [0.2, 0.25) is 10.0 Å². The van der Waals surface area contributed by atoms with E-state index in [1.54, 1.807) is 6.07 Å². The minimum Gasteiger partial charge on any atom is -0.370 e. The zero-order chi connectivity index (χ0) is 12.2. The third-order valence-corrected chi connectivity index (χ3v) is 3.88. The Labute approximate surface area is 96.5 Å². The number of sulfonamides is 1. The van der Waals surface area contributed by atoms with Gasteiger partial charge < -0.3 is 5.32 Å². The van der Waals surface area contributed by atoms with Crippen molar-refractivity contribution in [3.05, 3.63) is 18.3 Å². The molecule has 1 heterocycles.